The summed E-state index contributed by atoms with van der Waals surface area (Å²) in [5, 5.41) is 12.1. The fourth-order valence-electron chi connectivity index (χ4n) is 5.67. The van der Waals surface area contributed by atoms with Crippen LogP contribution in [0.15, 0.2) is 0 Å². The number of hydrogen-bond donors (Lipinski definition) is 2. The number of nitrogens with zero attached hydrogens (tertiary/aromatic N) is 1. The Labute approximate surface area is 219 Å². The molecule has 1 aliphatic carbocycles. The Bertz CT molecular complexity index is 804. The number of rotatable bonds is 12. The molecule has 8 nitrogen and oxygen atoms in total. The molecule has 0 radical (unpaired) electrons. The van der Waals surface area contributed by atoms with Crippen LogP contribution in [-0.4, -0.2) is 65.9 Å². The maximum atomic E-state index is 13.5. The van der Waals surface area contributed by atoms with Gasteiger partial charge in [0.05, 0.1) is 11.8 Å². The molecule has 0 aromatic rings. The molecule has 0 aromatic carbocycles. The van der Waals surface area contributed by atoms with E-state index < -0.39 is 50.9 Å². The third-order valence-electron chi connectivity index (χ3n) is 7.35. The summed E-state index contributed by atoms with van der Waals surface area (Å²) in [4.78, 5) is 15.1. The van der Waals surface area contributed by atoms with Gasteiger partial charge in [0, 0.05) is 6.54 Å². The van der Waals surface area contributed by atoms with Crippen molar-refractivity contribution < 1.29 is 27.8 Å². The van der Waals surface area contributed by atoms with Crippen molar-refractivity contribution in [1.82, 2.24) is 9.62 Å². The number of amides is 1. The van der Waals surface area contributed by atoms with E-state index in [1.165, 1.54) is 6.42 Å². The molecule has 1 saturated heterocycles. The minimum Gasteiger partial charge on any atom is -0.444 e. The lowest BCUT2D eigenvalue weighted by Crippen LogP contribution is -2.57. The molecule has 1 saturated carbocycles. The molecule has 0 bridgehead atoms. The Kier molecular flexibility index (Phi) is 11.1. The van der Waals surface area contributed by atoms with E-state index in [9.17, 15) is 18.3 Å². The Hall–Kier alpha value is -0.900. The SMILES string of the molecule is CCCCNS(=O)(=O)CC(O)(CCCC)[C@@H]1OC(C)(C)N(C(=O)OC(C)(C)C)[C@H]1CC1CCCCC1. The molecule has 0 aromatic heterocycles. The van der Waals surface area contributed by atoms with Crippen LogP contribution in [0, 0.1) is 5.92 Å². The van der Waals surface area contributed by atoms with Crippen molar-refractivity contribution >= 4 is 16.1 Å². The van der Waals surface area contributed by atoms with Crippen molar-refractivity contribution in [1.29, 1.82) is 0 Å². The molecule has 2 N–H and O–H groups in total. The fourth-order valence-corrected chi connectivity index (χ4v) is 7.20. The lowest BCUT2D eigenvalue weighted by Gasteiger charge is -2.39. The van der Waals surface area contributed by atoms with Crippen LogP contribution in [0.1, 0.15) is 119 Å². The van der Waals surface area contributed by atoms with Crippen LogP contribution in [0.4, 0.5) is 4.79 Å². The minimum absolute atomic E-state index is 0.280. The first-order chi connectivity index (χ1) is 16.6. The summed E-state index contributed by atoms with van der Waals surface area (Å²) in [6.45, 7) is 13.5. The van der Waals surface area contributed by atoms with Gasteiger partial charge >= 0.3 is 6.09 Å². The van der Waals surface area contributed by atoms with Gasteiger partial charge in [-0.3, -0.25) is 4.90 Å². The van der Waals surface area contributed by atoms with Crippen LogP contribution < -0.4 is 4.72 Å². The first kappa shape index (κ1) is 31.3. The average molecular weight is 533 g/mol. The predicted octanol–water partition coefficient (Wildman–Crippen LogP) is 5.34. The molecule has 3 atom stereocenters. The van der Waals surface area contributed by atoms with Crippen molar-refractivity contribution in [2.24, 2.45) is 5.92 Å². The molecule has 1 unspecified atom stereocenters. The number of nitrogens with one attached hydrogen (secondary N) is 1. The Morgan fingerprint density at radius 2 is 1.72 bits per heavy atom. The van der Waals surface area contributed by atoms with Gasteiger partial charge < -0.3 is 14.6 Å². The van der Waals surface area contributed by atoms with Crippen LogP contribution in [0.5, 0.6) is 0 Å². The monoisotopic (exact) mass is 532 g/mol. The summed E-state index contributed by atoms with van der Waals surface area (Å²) in [5.74, 6) is -0.0586. The van der Waals surface area contributed by atoms with E-state index in [1.807, 2.05) is 34.6 Å². The highest BCUT2D eigenvalue weighted by atomic mass is 32.2. The van der Waals surface area contributed by atoms with Gasteiger partial charge in [-0.2, -0.15) is 0 Å². The summed E-state index contributed by atoms with van der Waals surface area (Å²) in [6.07, 6.45) is 8.32. The highest BCUT2D eigenvalue weighted by Gasteiger charge is 2.58. The maximum absolute atomic E-state index is 13.5. The van der Waals surface area contributed by atoms with Gasteiger partial charge in [0.1, 0.15) is 23.0 Å². The van der Waals surface area contributed by atoms with Gasteiger partial charge in [0.2, 0.25) is 10.0 Å². The van der Waals surface area contributed by atoms with Gasteiger partial charge in [0.15, 0.2) is 0 Å². The number of carbonyl (C=O) groups excluding carboxylic acids is 1. The minimum atomic E-state index is -3.75. The highest BCUT2D eigenvalue weighted by Crippen LogP contribution is 2.44. The summed E-state index contributed by atoms with van der Waals surface area (Å²) >= 11 is 0. The molecule has 2 rings (SSSR count). The molecular formula is C27H52N2O6S. The van der Waals surface area contributed by atoms with E-state index in [4.69, 9.17) is 9.47 Å². The Morgan fingerprint density at radius 1 is 1.11 bits per heavy atom. The highest BCUT2D eigenvalue weighted by molar-refractivity contribution is 7.89. The van der Waals surface area contributed by atoms with E-state index in [1.54, 1.807) is 18.7 Å². The maximum Gasteiger partial charge on any atom is 0.412 e. The van der Waals surface area contributed by atoms with E-state index in [2.05, 4.69) is 4.72 Å². The lowest BCUT2D eigenvalue weighted by molar-refractivity contribution is -0.136. The molecule has 1 heterocycles. The third-order valence-corrected chi connectivity index (χ3v) is 8.88. The van der Waals surface area contributed by atoms with Gasteiger partial charge in [-0.15, -0.1) is 0 Å². The van der Waals surface area contributed by atoms with Crippen molar-refractivity contribution in [2.75, 3.05) is 12.3 Å². The molecule has 36 heavy (non-hydrogen) atoms. The van der Waals surface area contributed by atoms with Crippen molar-refractivity contribution in [3.05, 3.63) is 0 Å². The number of ether oxygens (including phenoxy) is 2. The molecule has 1 amide bonds. The molecule has 9 heteroatoms. The second kappa shape index (κ2) is 12.8. The first-order valence-electron chi connectivity index (χ1n) is 14.0. The second-order valence-electron chi connectivity index (χ2n) is 12.4. The summed E-state index contributed by atoms with van der Waals surface area (Å²) < 4.78 is 41.0. The zero-order valence-corrected chi connectivity index (χ0v) is 24.6. The molecular weight excluding hydrogens is 480 g/mol. The quantitative estimate of drug-likeness (QED) is 0.329. The largest absolute Gasteiger partial charge is 0.444 e. The average Bonchev–Trinajstić information content (AvgIpc) is 3.02. The van der Waals surface area contributed by atoms with Crippen LogP contribution >= 0.6 is 0 Å². The molecule has 2 aliphatic rings. The summed E-state index contributed by atoms with van der Waals surface area (Å²) in [5.41, 5.74) is -3.38. The second-order valence-corrected chi connectivity index (χ2v) is 14.2. The summed E-state index contributed by atoms with van der Waals surface area (Å²) in [6, 6.07) is -0.481. The Morgan fingerprint density at radius 3 is 2.28 bits per heavy atom. The van der Waals surface area contributed by atoms with Crippen LogP contribution in [0.3, 0.4) is 0 Å². The van der Waals surface area contributed by atoms with E-state index in [-0.39, 0.29) is 6.42 Å². The zero-order chi connectivity index (χ0) is 27.2. The molecule has 1 aliphatic heterocycles. The fraction of sp³-hybridized carbons (Fsp3) is 0.963. The van der Waals surface area contributed by atoms with Crippen molar-refractivity contribution in [3.8, 4) is 0 Å². The third kappa shape index (κ3) is 8.84. The van der Waals surface area contributed by atoms with Crippen molar-refractivity contribution in [3.63, 3.8) is 0 Å². The van der Waals surface area contributed by atoms with Crippen molar-refractivity contribution in [2.45, 2.75) is 148 Å². The molecule has 0 spiro atoms. The number of aliphatic hydroxyl groups is 1. The lowest BCUT2D eigenvalue weighted by atomic mass is 9.79. The predicted molar refractivity (Wildman–Crippen MR) is 143 cm³/mol. The van der Waals surface area contributed by atoms with Gasteiger partial charge in [-0.1, -0.05) is 65.2 Å². The van der Waals surface area contributed by atoms with Crippen LogP contribution in [0.25, 0.3) is 0 Å². The number of carbonyl (C=O) groups is 1. The number of sulfonamides is 1. The summed E-state index contributed by atoms with van der Waals surface area (Å²) in [7, 11) is -3.75. The van der Waals surface area contributed by atoms with E-state index in [0.717, 1.165) is 44.9 Å². The van der Waals surface area contributed by atoms with Gasteiger partial charge in [0.25, 0.3) is 0 Å². The Balaban J connectivity index is 2.46. The zero-order valence-electron chi connectivity index (χ0n) is 23.8. The van der Waals surface area contributed by atoms with Crippen LogP contribution in [0.2, 0.25) is 0 Å². The van der Waals surface area contributed by atoms with E-state index in [0.29, 0.717) is 25.3 Å². The van der Waals surface area contributed by atoms with Gasteiger partial charge in [-0.25, -0.2) is 17.9 Å². The van der Waals surface area contributed by atoms with Crippen LogP contribution in [-0.2, 0) is 19.5 Å². The number of unbranched alkanes of at least 4 members (excludes halogenated alkanes) is 2. The normalized spacial score (nSPS) is 25.1. The smallest absolute Gasteiger partial charge is 0.412 e. The first-order valence-corrected chi connectivity index (χ1v) is 15.7. The molecule has 2 fully saturated rings. The standard InChI is InChI=1S/C27H52N2O6S/c1-8-10-17-27(31,20-36(32,33)28-18-11-9-2)23-22(19-21-15-13-12-14-16-21)29(26(6,7)34-23)24(30)35-25(3,4)5/h21-23,28,31H,8-20H2,1-7H3/t22-,23+,27?/m0/s1. The topological polar surface area (TPSA) is 105 Å². The molecule has 212 valence electrons. The van der Waals surface area contributed by atoms with E-state index >= 15 is 0 Å². The van der Waals surface area contributed by atoms with Gasteiger partial charge in [-0.05, 0) is 59.8 Å². The number of hydrogen-bond acceptors (Lipinski definition) is 6.